The van der Waals surface area contributed by atoms with Crippen LogP contribution >= 0.6 is 15.9 Å². The highest BCUT2D eigenvalue weighted by Crippen LogP contribution is 2.31. The van der Waals surface area contributed by atoms with Gasteiger partial charge in [0.25, 0.3) is 0 Å². The van der Waals surface area contributed by atoms with Gasteiger partial charge in [0.15, 0.2) is 0 Å². The van der Waals surface area contributed by atoms with Crippen LogP contribution in [-0.4, -0.2) is 18.3 Å². The van der Waals surface area contributed by atoms with Crippen molar-refractivity contribution in [2.45, 2.75) is 39.0 Å². The minimum Gasteiger partial charge on any atom is -0.507 e. The highest BCUT2D eigenvalue weighted by Gasteiger charge is 2.21. The average molecular weight is 301 g/mol. The molecule has 1 aromatic carbocycles. The van der Waals surface area contributed by atoms with Gasteiger partial charge in [0.2, 0.25) is 0 Å². The van der Waals surface area contributed by atoms with E-state index in [-0.39, 0.29) is 11.2 Å². The maximum absolute atomic E-state index is 9.69. The molecule has 3 heteroatoms. The monoisotopic (exact) mass is 300 g/mol. The molecule has 0 radical (unpaired) electrons. The van der Waals surface area contributed by atoms with Crippen LogP contribution < -0.4 is 0 Å². The maximum Gasteiger partial charge on any atom is 0.130 e. The second-order valence-corrected chi connectivity index (χ2v) is 5.81. The Labute approximate surface area is 112 Å². The normalized spacial score (nSPS) is 11.8. The summed E-state index contributed by atoms with van der Waals surface area (Å²) in [4.78, 5) is 0. The number of aromatic hydroxyl groups is 1. The Bertz CT molecular complexity index is 361. The molecule has 0 aliphatic rings. The van der Waals surface area contributed by atoms with Crippen molar-refractivity contribution in [1.82, 2.24) is 0 Å². The van der Waals surface area contributed by atoms with Gasteiger partial charge in [-0.05, 0) is 40.0 Å². The standard InChI is InChI=1S/C14H21BrO2/c1-4-5-8-17-10-14(2,3)11-6-7-12(15)13(16)9-11/h6-7,9,16H,4-5,8,10H2,1-3H3. The molecule has 0 spiro atoms. The van der Waals surface area contributed by atoms with Crippen LogP contribution in [0.4, 0.5) is 0 Å². The number of hydrogen-bond donors (Lipinski definition) is 1. The third kappa shape index (κ3) is 4.32. The van der Waals surface area contributed by atoms with Gasteiger partial charge >= 0.3 is 0 Å². The Hall–Kier alpha value is -0.540. The molecule has 0 saturated carbocycles. The first-order chi connectivity index (χ1) is 7.97. The van der Waals surface area contributed by atoms with Crippen LogP contribution in [0.25, 0.3) is 0 Å². The van der Waals surface area contributed by atoms with Crippen LogP contribution in [-0.2, 0) is 10.2 Å². The van der Waals surface area contributed by atoms with E-state index in [1.54, 1.807) is 6.07 Å². The summed E-state index contributed by atoms with van der Waals surface area (Å²) in [6.07, 6.45) is 2.25. The van der Waals surface area contributed by atoms with Crippen molar-refractivity contribution in [3.63, 3.8) is 0 Å². The molecule has 17 heavy (non-hydrogen) atoms. The summed E-state index contributed by atoms with van der Waals surface area (Å²) >= 11 is 3.29. The summed E-state index contributed by atoms with van der Waals surface area (Å²) in [6.45, 7) is 7.89. The molecule has 0 aliphatic carbocycles. The van der Waals surface area contributed by atoms with Crippen molar-refractivity contribution in [2.75, 3.05) is 13.2 Å². The van der Waals surface area contributed by atoms with E-state index in [2.05, 4.69) is 36.7 Å². The number of hydrogen-bond acceptors (Lipinski definition) is 2. The molecular formula is C14H21BrO2. The first kappa shape index (κ1) is 14.5. The zero-order valence-corrected chi connectivity index (χ0v) is 12.4. The SMILES string of the molecule is CCCCOCC(C)(C)c1ccc(Br)c(O)c1. The Morgan fingerprint density at radius 1 is 1.35 bits per heavy atom. The number of halogens is 1. The Morgan fingerprint density at radius 2 is 2.06 bits per heavy atom. The first-order valence-corrected chi connectivity index (χ1v) is 6.83. The molecule has 0 fully saturated rings. The smallest absolute Gasteiger partial charge is 0.130 e. The van der Waals surface area contributed by atoms with Gasteiger partial charge in [0.05, 0.1) is 11.1 Å². The van der Waals surface area contributed by atoms with E-state index in [0.717, 1.165) is 29.5 Å². The highest BCUT2D eigenvalue weighted by atomic mass is 79.9. The molecule has 2 nitrogen and oxygen atoms in total. The zero-order valence-electron chi connectivity index (χ0n) is 10.8. The van der Waals surface area contributed by atoms with Crippen molar-refractivity contribution in [2.24, 2.45) is 0 Å². The topological polar surface area (TPSA) is 29.5 Å². The molecule has 1 N–H and O–H groups in total. The number of benzene rings is 1. The third-order valence-corrected chi connectivity index (χ3v) is 3.50. The lowest BCUT2D eigenvalue weighted by atomic mass is 9.85. The predicted molar refractivity (Wildman–Crippen MR) is 74.6 cm³/mol. The Kier molecular flexibility index (Phi) is 5.47. The van der Waals surface area contributed by atoms with Crippen LogP contribution in [0.15, 0.2) is 22.7 Å². The zero-order chi connectivity index (χ0) is 12.9. The van der Waals surface area contributed by atoms with Gasteiger partial charge in [-0.1, -0.05) is 33.3 Å². The molecule has 0 saturated heterocycles. The third-order valence-electron chi connectivity index (χ3n) is 2.83. The van der Waals surface area contributed by atoms with Crippen molar-refractivity contribution in [3.05, 3.63) is 28.2 Å². The molecule has 0 atom stereocenters. The summed E-state index contributed by atoms with van der Waals surface area (Å²) in [5.41, 5.74) is 1.01. The molecule has 1 rings (SSSR count). The van der Waals surface area contributed by atoms with Crippen molar-refractivity contribution in [3.8, 4) is 5.75 Å². The number of unbranched alkanes of at least 4 members (excludes halogenated alkanes) is 1. The average Bonchev–Trinajstić information content (AvgIpc) is 2.28. The first-order valence-electron chi connectivity index (χ1n) is 6.04. The molecule has 0 amide bonds. The Morgan fingerprint density at radius 3 is 2.65 bits per heavy atom. The van der Waals surface area contributed by atoms with E-state index in [0.29, 0.717) is 6.61 Å². The predicted octanol–water partition coefficient (Wildman–Crippen LogP) is 4.25. The molecule has 1 aromatic rings. The Balaban J connectivity index is 2.64. The largest absolute Gasteiger partial charge is 0.507 e. The summed E-state index contributed by atoms with van der Waals surface area (Å²) in [7, 11) is 0. The second kappa shape index (κ2) is 6.41. The molecule has 0 aliphatic heterocycles. The summed E-state index contributed by atoms with van der Waals surface area (Å²) in [5.74, 6) is 0.282. The number of phenols is 1. The number of rotatable bonds is 6. The van der Waals surface area contributed by atoms with Gasteiger partial charge in [-0.15, -0.1) is 0 Å². The van der Waals surface area contributed by atoms with E-state index in [1.807, 2.05) is 12.1 Å². The molecular weight excluding hydrogens is 280 g/mol. The lowest BCUT2D eigenvalue weighted by molar-refractivity contribution is 0.0924. The van der Waals surface area contributed by atoms with Gasteiger partial charge in [0, 0.05) is 12.0 Å². The van der Waals surface area contributed by atoms with Gasteiger partial charge in [-0.2, -0.15) is 0 Å². The summed E-state index contributed by atoms with van der Waals surface area (Å²) in [6, 6.07) is 5.69. The number of ether oxygens (including phenoxy) is 1. The van der Waals surface area contributed by atoms with Crippen LogP contribution in [0.2, 0.25) is 0 Å². The molecule has 0 aromatic heterocycles. The fraction of sp³-hybridized carbons (Fsp3) is 0.571. The highest BCUT2D eigenvalue weighted by molar-refractivity contribution is 9.10. The van der Waals surface area contributed by atoms with E-state index in [9.17, 15) is 5.11 Å². The van der Waals surface area contributed by atoms with Crippen LogP contribution in [0.3, 0.4) is 0 Å². The molecule has 0 heterocycles. The van der Waals surface area contributed by atoms with E-state index in [1.165, 1.54) is 0 Å². The van der Waals surface area contributed by atoms with Crippen LogP contribution in [0, 0.1) is 0 Å². The fourth-order valence-electron chi connectivity index (χ4n) is 1.59. The summed E-state index contributed by atoms with van der Waals surface area (Å²) < 4.78 is 6.40. The molecule has 0 bridgehead atoms. The van der Waals surface area contributed by atoms with E-state index in [4.69, 9.17) is 4.74 Å². The van der Waals surface area contributed by atoms with Gasteiger partial charge in [0.1, 0.15) is 5.75 Å². The molecule has 0 unspecified atom stereocenters. The fourth-order valence-corrected chi connectivity index (χ4v) is 1.84. The van der Waals surface area contributed by atoms with Crippen molar-refractivity contribution >= 4 is 15.9 Å². The maximum atomic E-state index is 9.69. The lowest BCUT2D eigenvalue weighted by Gasteiger charge is -2.25. The van der Waals surface area contributed by atoms with E-state index >= 15 is 0 Å². The van der Waals surface area contributed by atoms with Gasteiger partial charge in [-0.3, -0.25) is 0 Å². The van der Waals surface area contributed by atoms with Crippen LogP contribution in [0.5, 0.6) is 5.75 Å². The number of phenolic OH excluding ortho intramolecular Hbond substituents is 1. The van der Waals surface area contributed by atoms with Gasteiger partial charge < -0.3 is 9.84 Å². The second-order valence-electron chi connectivity index (χ2n) is 4.96. The van der Waals surface area contributed by atoms with E-state index < -0.39 is 0 Å². The summed E-state index contributed by atoms with van der Waals surface area (Å²) in [5, 5.41) is 9.69. The lowest BCUT2D eigenvalue weighted by Crippen LogP contribution is -2.24. The minimum absolute atomic E-state index is 0.0775. The molecule has 96 valence electrons. The van der Waals surface area contributed by atoms with Crippen molar-refractivity contribution < 1.29 is 9.84 Å². The van der Waals surface area contributed by atoms with Gasteiger partial charge in [-0.25, -0.2) is 0 Å². The van der Waals surface area contributed by atoms with Crippen molar-refractivity contribution in [1.29, 1.82) is 0 Å². The minimum atomic E-state index is -0.0775. The van der Waals surface area contributed by atoms with Crippen LogP contribution in [0.1, 0.15) is 39.2 Å². The quantitative estimate of drug-likeness (QED) is 0.796.